The molecule has 6 aromatic carbocycles. The fourth-order valence-corrected chi connectivity index (χ4v) is 6.44. The lowest BCUT2D eigenvalue weighted by Crippen LogP contribution is -2.29. The molecule has 0 bridgehead atoms. The molecule has 46 heavy (non-hydrogen) atoms. The molecule has 2 heterocycles. The third-order valence-electron chi connectivity index (χ3n) is 8.55. The van der Waals surface area contributed by atoms with Crippen LogP contribution in [0.4, 0.5) is 11.4 Å². The van der Waals surface area contributed by atoms with Crippen LogP contribution in [0.25, 0.3) is 54.6 Å². The molecule has 0 radical (unpaired) electrons. The van der Waals surface area contributed by atoms with Crippen LogP contribution >= 0.6 is 0 Å². The second kappa shape index (κ2) is 10.4. The molecular weight excluding hydrogens is 568 g/mol. The van der Waals surface area contributed by atoms with E-state index in [-0.39, 0.29) is 11.8 Å². The maximum atomic E-state index is 14.2. The number of fused-ring (bicyclic) bond motifs is 4. The molecule has 7 aromatic rings. The minimum absolute atomic E-state index is 0.356. The Labute approximate surface area is 264 Å². The van der Waals surface area contributed by atoms with E-state index >= 15 is 0 Å². The third kappa shape index (κ3) is 4.10. The molecule has 0 saturated carbocycles. The zero-order valence-electron chi connectivity index (χ0n) is 24.3. The normalized spacial score (nSPS) is 12.3. The van der Waals surface area contributed by atoms with Crippen molar-refractivity contribution in [1.82, 2.24) is 4.57 Å². The number of para-hydroxylation sites is 1. The lowest BCUT2D eigenvalue weighted by molar-refractivity contribution is 0.0926. The largest absolute Gasteiger partial charge is 0.308 e. The predicted molar refractivity (Wildman–Crippen MR) is 180 cm³/mol. The molecule has 1 aliphatic heterocycles. The van der Waals surface area contributed by atoms with Crippen LogP contribution in [0.15, 0.2) is 133 Å². The van der Waals surface area contributed by atoms with Gasteiger partial charge in [0.1, 0.15) is 0 Å². The number of carbonyl (C=O) groups is 2. The number of nitrogens with zero attached hydrogens (tertiary/aromatic N) is 4. The highest BCUT2D eigenvalue weighted by atomic mass is 16.2. The molecule has 0 aliphatic carbocycles. The van der Waals surface area contributed by atoms with Gasteiger partial charge in [-0.3, -0.25) is 9.59 Å². The fraction of sp³-hybridized carbons (Fsp3) is 0. The molecule has 0 N–H and O–H groups in total. The van der Waals surface area contributed by atoms with Crippen LogP contribution in [0.2, 0.25) is 0 Å². The molecule has 0 atom stereocenters. The molecule has 2 amide bonds. The number of nitriles is 1. The minimum atomic E-state index is -0.370. The van der Waals surface area contributed by atoms with E-state index in [0.717, 1.165) is 44.1 Å². The number of carbonyl (C=O) groups excluding carboxylic acids is 2. The molecule has 1 aromatic heterocycles. The van der Waals surface area contributed by atoms with E-state index < -0.39 is 0 Å². The predicted octanol–water partition coefficient (Wildman–Crippen LogP) is 9.34. The fourth-order valence-electron chi connectivity index (χ4n) is 6.44. The maximum absolute atomic E-state index is 14.2. The van der Waals surface area contributed by atoms with Crippen molar-refractivity contribution >= 4 is 45.0 Å². The van der Waals surface area contributed by atoms with Gasteiger partial charge in [0.05, 0.1) is 46.2 Å². The van der Waals surface area contributed by atoms with Crippen LogP contribution in [-0.2, 0) is 0 Å². The number of hydrogen-bond acceptors (Lipinski definition) is 3. The van der Waals surface area contributed by atoms with Crippen molar-refractivity contribution in [2.75, 3.05) is 4.90 Å². The van der Waals surface area contributed by atoms with E-state index in [1.807, 2.05) is 108 Å². The Morgan fingerprint density at radius 1 is 0.609 bits per heavy atom. The monoisotopic (exact) mass is 590 g/mol. The van der Waals surface area contributed by atoms with Gasteiger partial charge in [0.2, 0.25) is 0 Å². The molecule has 0 unspecified atom stereocenters. The lowest BCUT2D eigenvalue weighted by Gasteiger charge is -2.15. The zero-order chi connectivity index (χ0) is 31.4. The summed E-state index contributed by atoms with van der Waals surface area (Å²) in [5, 5.41) is 11.5. The van der Waals surface area contributed by atoms with Gasteiger partial charge in [-0.05, 0) is 82.9 Å². The summed E-state index contributed by atoms with van der Waals surface area (Å²) in [4.78, 5) is 32.7. The van der Waals surface area contributed by atoms with Gasteiger partial charge in [0.15, 0.2) is 5.69 Å². The summed E-state index contributed by atoms with van der Waals surface area (Å²) in [6.45, 7) is 7.48. The van der Waals surface area contributed by atoms with Crippen LogP contribution in [0.1, 0.15) is 26.3 Å². The Balaban J connectivity index is 1.26. The van der Waals surface area contributed by atoms with Crippen molar-refractivity contribution in [3.8, 4) is 34.0 Å². The van der Waals surface area contributed by atoms with Crippen LogP contribution in [0.3, 0.4) is 0 Å². The van der Waals surface area contributed by atoms with E-state index in [1.165, 1.54) is 4.90 Å². The van der Waals surface area contributed by atoms with Crippen LogP contribution < -0.4 is 4.90 Å². The van der Waals surface area contributed by atoms with Crippen molar-refractivity contribution in [3.05, 3.63) is 162 Å². The van der Waals surface area contributed by atoms with Gasteiger partial charge >= 0.3 is 0 Å². The Morgan fingerprint density at radius 3 is 2.11 bits per heavy atom. The molecule has 0 fully saturated rings. The van der Waals surface area contributed by atoms with Crippen molar-refractivity contribution in [3.63, 3.8) is 0 Å². The summed E-state index contributed by atoms with van der Waals surface area (Å²) in [5.74, 6) is -0.726. The smallest absolute Gasteiger partial charge is 0.268 e. The number of rotatable bonds is 4. The average Bonchev–Trinajstić information content (AvgIpc) is 3.58. The second-order valence-electron chi connectivity index (χ2n) is 11.1. The topological polar surface area (TPSA) is 70.5 Å². The van der Waals surface area contributed by atoms with Gasteiger partial charge in [-0.1, -0.05) is 72.8 Å². The van der Waals surface area contributed by atoms with E-state index in [0.29, 0.717) is 33.8 Å². The lowest BCUT2D eigenvalue weighted by atomic mass is 10.00. The third-order valence-corrected chi connectivity index (χ3v) is 8.55. The SMILES string of the molecule is [C-]#[N+]c1cc(C#N)cc(-c2ccc3c(c2)c2ccccc2n3-c2cccc3c2C(=O)N(c2ccc(-c4ccccc4)cc2)C3=O)c1. The number of benzene rings is 6. The molecule has 0 spiro atoms. The van der Waals surface area contributed by atoms with Gasteiger partial charge in [0.25, 0.3) is 11.8 Å². The van der Waals surface area contributed by atoms with Crippen LogP contribution in [0, 0.1) is 17.9 Å². The molecule has 6 heteroatoms. The highest BCUT2D eigenvalue weighted by Crippen LogP contribution is 2.39. The second-order valence-corrected chi connectivity index (χ2v) is 11.1. The van der Waals surface area contributed by atoms with E-state index in [4.69, 9.17) is 6.57 Å². The first kappa shape index (κ1) is 26.8. The van der Waals surface area contributed by atoms with E-state index in [1.54, 1.807) is 24.3 Å². The van der Waals surface area contributed by atoms with Crippen molar-refractivity contribution in [2.24, 2.45) is 0 Å². The Kier molecular flexibility index (Phi) is 6.10. The summed E-state index contributed by atoms with van der Waals surface area (Å²) in [5.41, 5.74) is 8.13. The summed E-state index contributed by atoms with van der Waals surface area (Å²) >= 11 is 0. The highest BCUT2D eigenvalue weighted by molar-refractivity contribution is 6.35. The first-order chi connectivity index (χ1) is 22.6. The standard InChI is InChI=1S/C40H22N4O2/c1-42-30-21-25(24-41)20-29(22-30)28-16-19-36-34(23-28)32-10-5-6-12-35(32)44(36)37-13-7-11-33-38(37)40(46)43(39(33)45)31-17-14-27(15-18-31)26-8-3-2-4-9-26/h2-23H. The molecule has 1 aliphatic rings. The molecule has 8 rings (SSSR count). The van der Waals surface area contributed by atoms with Gasteiger partial charge in [0, 0.05) is 16.3 Å². The first-order valence-electron chi connectivity index (χ1n) is 14.7. The van der Waals surface area contributed by atoms with Crippen molar-refractivity contribution < 1.29 is 9.59 Å². The summed E-state index contributed by atoms with van der Waals surface area (Å²) in [6.07, 6.45) is 0. The van der Waals surface area contributed by atoms with Crippen LogP contribution in [0.5, 0.6) is 0 Å². The Hall–Kier alpha value is -6.76. The number of anilines is 1. The Bertz CT molecular complexity index is 2450. The van der Waals surface area contributed by atoms with E-state index in [9.17, 15) is 14.9 Å². The molecule has 214 valence electrons. The summed E-state index contributed by atoms with van der Waals surface area (Å²) < 4.78 is 2.04. The van der Waals surface area contributed by atoms with Gasteiger partial charge in [-0.25, -0.2) is 9.74 Å². The molecule has 0 saturated heterocycles. The first-order valence-corrected chi connectivity index (χ1v) is 14.7. The van der Waals surface area contributed by atoms with Crippen LogP contribution in [-0.4, -0.2) is 16.4 Å². The van der Waals surface area contributed by atoms with Crippen molar-refractivity contribution in [1.29, 1.82) is 5.26 Å². The number of aromatic nitrogens is 1. The van der Waals surface area contributed by atoms with Gasteiger partial charge in [-0.2, -0.15) is 5.26 Å². The summed E-state index contributed by atoms with van der Waals surface area (Å²) in [7, 11) is 0. The quantitative estimate of drug-likeness (QED) is 0.151. The van der Waals surface area contributed by atoms with Crippen molar-refractivity contribution in [2.45, 2.75) is 0 Å². The molecular formula is C40H22N4O2. The maximum Gasteiger partial charge on any atom is 0.268 e. The number of imide groups is 1. The number of amides is 2. The van der Waals surface area contributed by atoms with Gasteiger partial charge in [-0.15, -0.1) is 0 Å². The zero-order valence-corrected chi connectivity index (χ0v) is 24.3. The Morgan fingerprint density at radius 2 is 1.33 bits per heavy atom. The van der Waals surface area contributed by atoms with E-state index in [2.05, 4.69) is 17.0 Å². The molecule has 6 nitrogen and oxygen atoms in total. The van der Waals surface area contributed by atoms with Gasteiger partial charge < -0.3 is 4.57 Å². The highest BCUT2D eigenvalue weighted by Gasteiger charge is 2.39. The summed E-state index contributed by atoms with van der Waals surface area (Å²) in [6, 6.07) is 44.1. The number of hydrogen-bond donors (Lipinski definition) is 0. The minimum Gasteiger partial charge on any atom is -0.308 e. The average molecular weight is 591 g/mol.